The van der Waals surface area contributed by atoms with E-state index >= 15 is 0 Å². The molecule has 0 aromatic rings. The molecule has 6 nitrogen and oxygen atoms in total. The van der Waals surface area contributed by atoms with E-state index in [-0.39, 0.29) is 44.0 Å². The van der Waals surface area contributed by atoms with E-state index in [0.29, 0.717) is 12.8 Å². The van der Waals surface area contributed by atoms with Crippen molar-refractivity contribution in [1.29, 1.82) is 0 Å². The summed E-state index contributed by atoms with van der Waals surface area (Å²) in [4.78, 5) is 37.9. The lowest BCUT2D eigenvalue weighted by Gasteiger charge is -2.18. The maximum atomic E-state index is 12.8. The van der Waals surface area contributed by atoms with Crippen molar-refractivity contribution >= 4 is 17.9 Å². The molecule has 0 N–H and O–H groups in total. The molecule has 1 unspecified atom stereocenters. The number of ether oxygens (including phenoxy) is 3. The van der Waals surface area contributed by atoms with E-state index in [9.17, 15) is 14.4 Å². The number of rotatable bonds is 45. The Bertz CT molecular complexity index is 1340. The van der Waals surface area contributed by atoms with E-state index in [0.717, 1.165) is 103 Å². The smallest absolute Gasteiger partial charge is 0.306 e. The fraction of sp³-hybridized carbons (Fsp3) is 0.638. The number of allylic oxidation sites excluding steroid dienone is 18. The number of esters is 3. The maximum absolute atomic E-state index is 12.8. The zero-order valence-corrected chi connectivity index (χ0v) is 41.3. The lowest BCUT2D eigenvalue weighted by molar-refractivity contribution is -0.166. The Hall–Kier alpha value is -3.93. The molecule has 1 atom stereocenters. The van der Waals surface area contributed by atoms with E-state index in [1.807, 2.05) is 30.4 Å². The molecule has 0 fully saturated rings. The molecular weight excluding hydrogens is 793 g/mol. The first-order valence-corrected chi connectivity index (χ1v) is 26.0. The Morgan fingerprint density at radius 1 is 0.344 bits per heavy atom. The van der Waals surface area contributed by atoms with Gasteiger partial charge in [0.15, 0.2) is 6.10 Å². The van der Waals surface area contributed by atoms with Crippen LogP contribution in [0.15, 0.2) is 109 Å². The molecule has 6 heteroatoms. The number of hydrogen-bond acceptors (Lipinski definition) is 6. The minimum atomic E-state index is -0.823. The summed E-state index contributed by atoms with van der Waals surface area (Å²) in [6, 6.07) is 0. The second-order valence-corrected chi connectivity index (χ2v) is 16.8. The van der Waals surface area contributed by atoms with Gasteiger partial charge >= 0.3 is 17.9 Å². The summed E-state index contributed by atoms with van der Waals surface area (Å²) in [7, 11) is 0. The first kappa shape index (κ1) is 60.1. The van der Waals surface area contributed by atoms with Gasteiger partial charge in [0.05, 0.1) is 0 Å². The van der Waals surface area contributed by atoms with Crippen molar-refractivity contribution in [3.05, 3.63) is 109 Å². The van der Waals surface area contributed by atoms with Crippen molar-refractivity contribution in [2.45, 2.75) is 226 Å². The van der Waals surface area contributed by atoms with Gasteiger partial charge in [-0.2, -0.15) is 0 Å². The SMILES string of the molecule is CC\C=C/C=C\C=C/C=C\CCCCCCCC(=O)OC(COC(=O)CC/C=C\C/C=C\CCCCCCCC)COC(=O)CCCCCCC\C=C/C=C\C=C/CCCCCCC. The van der Waals surface area contributed by atoms with Crippen LogP contribution in [0.2, 0.25) is 0 Å². The highest BCUT2D eigenvalue weighted by molar-refractivity contribution is 5.71. The van der Waals surface area contributed by atoms with E-state index in [1.165, 1.54) is 70.6 Å². The molecule has 0 spiro atoms. The van der Waals surface area contributed by atoms with Crippen LogP contribution in [0, 0.1) is 0 Å². The van der Waals surface area contributed by atoms with Gasteiger partial charge in [0.1, 0.15) is 13.2 Å². The van der Waals surface area contributed by atoms with Gasteiger partial charge in [-0.05, 0) is 83.5 Å². The van der Waals surface area contributed by atoms with Crippen molar-refractivity contribution in [3.63, 3.8) is 0 Å². The van der Waals surface area contributed by atoms with Gasteiger partial charge in [0.2, 0.25) is 0 Å². The highest BCUT2D eigenvalue weighted by Crippen LogP contribution is 2.13. The average molecular weight is 887 g/mol. The lowest BCUT2D eigenvalue weighted by Crippen LogP contribution is -2.30. The molecule has 0 rings (SSSR count). The van der Waals surface area contributed by atoms with E-state index in [2.05, 4.69) is 99.8 Å². The summed E-state index contributed by atoms with van der Waals surface area (Å²) in [6.45, 7) is 6.37. The van der Waals surface area contributed by atoms with Crippen LogP contribution in [0.25, 0.3) is 0 Å². The van der Waals surface area contributed by atoms with Gasteiger partial charge < -0.3 is 14.2 Å². The molecule has 0 heterocycles. The molecule has 0 saturated carbocycles. The van der Waals surface area contributed by atoms with Crippen molar-refractivity contribution < 1.29 is 28.6 Å². The van der Waals surface area contributed by atoms with E-state index in [1.54, 1.807) is 0 Å². The Morgan fingerprint density at radius 2 is 0.703 bits per heavy atom. The normalized spacial score (nSPS) is 13.0. The quantitative estimate of drug-likeness (QED) is 0.0199. The molecule has 362 valence electrons. The molecule has 0 amide bonds. The van der Waals surface area contributed by atoms with Crippen molar-refractivity contribution in [2.75, 3.05) is 13.2 Å². The van der Waals surface area contributed by atoms with Gasteiger partial charge in [-0.15, -0.1) is 0 Å². The summed E-state index contributed by atoms with van der Waals surface area (Å²) >= 11 is 0. The third-order valence-electron chi connectivity index (χ3n) is 10.7. The third-order valence-corrected chi connectivity index (χ3v) is 10.7. The van der Waals surface area contributed by atoms with Crippen LogP contribution in [0.1, 0.15) is 220 Å². The van der Waals surface area contributed by atoms with Crippen LogP contribution in [0.5, 0.6) is 0 Å². The minimum Gasteiger partial charge on any atom is -0.462 e. The van der Waals surface area contributed by atoms with Crippen molar-refractivity contribution in [1.82, 2.24) is 0 Å². The zero-order chi connectivity index (χ0) is 46.5. The number of carbonyl (C=O) groups is 3. The van der Waals surface area contributed by atoms with Crippen LogP contribution in [0.4, 0.5) is 0 Å². The van der Waals surface area contributed by atoms with Gasteiger partial charge in [0, 0.05) is 19.3 Å². The first-order valence-electron chi connectivity index (χ1n) is 26.0. The van der Waals surface area contributed by atoms with Crippen molar-refractivity contribution in [3.8, 4) is 0 Å². The van der Waals surface area contributed by atoms with E-state index in [4.69, 9.17) is 14.2 Å². The molecule has 0 saturated heterocycles. The van der Waals surface area contributed by atoms with Gasteiger partial charge in [-0.3, -0.25) is 14.4 Å². The number of hydrogen-bond donors (Lipinski definition) is 0. The van der Waals surface area contributed by atoms with Crippen LogP contribution < -0.4 is 0 Å². The molecule has 0 aromatic carbocycles. The predicted molar refractivity (Wildman–Crippen MR) is 274 cm³/mol. The maximum Gasteiger partial charge on any atom is 0.306 e. The first-order chi connectivity index (χ1) is 31.5. The van der Waals surface area contributed by atoms with Crippen molar-refractivity contribution in [2.24, 2.45) is 0 Å². The fourth-order valence-electron chi connectivity index (χ4n) is 6.74. The molecule has 0 radical (unpaired) electrons. The van der Waals surface area contributed by atoms with Gasteiger partial charge in [-0.25, -0.2) is 0 Å². The van der Waals surface area contributed by atoms with Crippen LogP contribution >= 0.6 is 0 Å². The Kier molecular flexibility index (Phi) is 48.5. The highest BCUT2D eigenvalue weighted by Gasteiger charge is 2.19. The third kappa shape index (κ3) is 49.1. The minimum absolute atomic E-state index is 0.118. The monoisotopic (exact) mass is 887 g/mol. The lowest BCUT2D eigenvalue weighted by atomic mass is 10.1. The molecule has 0 bridgehead atoms. The second-order valence-electron chi connectivity index (χ2n) is 16.8. The topological polar surface area (TPSA) is 78.9 Å². The van der Waals surface area contributed by atoms with Crippen LogP contribution in [-0.2, 0) is 28.6 Å². The largest absolute Gasteiger partial charge is 0.462 e. The fourth-order valence-corrected chi connectivity index (χ4v) is 6.74. The van der Waals surface area contributed by atoms with Crippen LogP contribution in [0.3, 0.4) is 0 Å². The van der Waals surface area contributed by atoms with Gasteiger partial charge in [0.25, 0.3) is 0 Å². The standard InChI is InChI=1S/C58H94O6/c1-4-7-10-13-16-19-22-25-27-28-29-31-33-36-39-42-45-48-51-57(60)63-54-55(53-62-56(59)50-47-44-41-38-35-32-24-21-18-15-12-9-6-3)64-58(61)52-49-46-43-40-37-34-30-26-23-20-17-14-11-8-5-2/h8,11,14,17,20,22-23,25-32,35,41,44,55H,4-7,9-10,12-13,15-16,18-19,21,24,33-34,36-40,42-43,45-54H2,1-3H3/b11-8-,17-14-,23-20-,25-22-,28-27-,30-26-,31-29-,35-32-,44-41-. The Labute approximate surface area is 393 Å². The molecule has 0 aliphatic carbocycles. The molecule has 0 aliphatic rings. The second kappa shape index (κ2) is 51.7. The predicted octanol–water partition coefficient (Wildman–Crippen LogP) is 17.1. The Morgan fingerprint density at radius 3 is 1.17 bits per heavy atom. The summed E-state index contributed by atoms with van der Waals surface area (Å²) < 4.78 is 16.7. The molecule has 0 aliphatic heterocycles. The van der Waals surface area contributed by atoms with Crippen LogP contribution in [-0.4, -0.2) is 37.2 Å². The Balaban J connectivity index is 4.54. The number of carbonyl (C=O) groups excluding carboxylic acids is 3. The summed E-state index contributed by atoms with van der Waals surface area (Å²) in [6.07, 6.45) is 69.4. The molecular formula is C58H94O6. The average Bonchev–Trinajstić information content (AvgIpc) is 3.29. The summed E-state index contributed by atoms with van der Waals surface area (Å²) in [5.74, 6) is -1.04. The zero-order valence-electron chi connectivity index (χ0n) is 41.3. The number of unbranched alkanes of at least 4 members (excludes halogenated alkanes) is 21. The van der Waals surface area contributed by atoms with E-state index < -0.39 is 6.10 Å². The highest BCUT2D eigenvalue weighted by atomic mass is 16.6. The molecule has 64 heavy (non-hydrogen) atoms. The van der Waals surface area contributed by atoms with Gasteiger partial charge in [-0.1, -0.05) is 226 Å². The summed E-state index contributed by atoms with van der Waals surface area (Å²) in [5.41, 5.74) is 0. The molecule has 0 aromatic heterocycles. The summed E-state index contributed by atoms with van der Waals surface area (Å²) in [5, 5.41) is 0.